The van der Waals surface area contributed by atoms with E-state index in [-0.39, 0.29) is 5.41 Å². The van der Waals surface area contributed by atoms with E-state index in [2.05, 4.69) is 183 Å². The third-order valence-electron chi connectivity index (χ3n) is 11.2. The van der Waals surface area contributed by atoms with Crippen molar-refractivity contribution in [2.24, 2.45) is 0 Å². The Bertz CT molecular complexity index is 3070. The van der Waals surface area contributed by atoms with Gasteiger partial charge in [-0.25, -0.2) is 0 Å². The zero-order chi connectivity index (χ0) is 34.6. The number of fused-ring (bicyclic) bond motifs is 11. The molecule has 0 spiro atoms. The molecule has 2 aromatic heterocycles. The molecule has 2 nitrogen and oxygen atoms in total. The number of benzene rings is 8. The van der Waals surface area contributed by atoms with Crippen molar-refractivity contribution in [1.29, 1.82) is 0 Å². The van der Waals surface area contributed by atoms with E-state index in [1.807, 2.05) is 11.3 Å². The second-order valence-electron chi connectivity index (χ2n) is 14.5. The molecule has 0 aliphatic heterocycles. The van der Waals surface area contributed by atoms with Crippen LogP contribution in [0.15, 0.2) is 168 Å². The molecule has 52 heavy (non-hydrogen) atoms. The maximum atomic E-state index is 6.60. The van der Waals surface area contributed by atoms with E-state index >= 15 is 0 Å². The summed E-state index contributed by atoms with van der Waals surface area (Å²) >= 11 is 1.87. The van der Waals surface area contributed by atoms with Gasteiger partial charge in [-0.2, -0.15) is 0 Å². The lowest BCUT2D eigenvalue weighted by Gasteiger charge is -2.32. The molecule has 0 saturated heterocycles. The van der Waals surface area contributed by atoms with E-state index in [9.17, 15) is 0 Å². The predicted molar refractivity (Wildman–Crippen MR) is 222 cm³/mol. The number of furan rings is 1. The van der Waals surface area contributed by atoms with Crippen LogP contribution in [0.25, 0.3) is 75.1 Å². The number of nitrogens with zero attached hydrogens (tertiary/aromatic N) is 1. The lowest BCUT2D eigenvalue weighted by atomic mass is 9.81. The van der Waals surface area contributed by atoms with Gasteiger partial charge >= 0.3 is 0 Å². The summed E-state index contributed by atoms with van der Waals surface area (Å²) in [6.07, 6.45) is 0. The summed E-state index contributed by atoms with van der Waals surface area (Å²) in [6.45, 7) is 4.75. The predicted octanol–water partition coefficient (Wildman–Crippen LogP) is 14.6. The molecule has 0 bridgehead atoms. The van der Waals surface area contributed by atoms with Crippen molar-refractivity contribution in [3.05, 3.63) is 175 Å². The summed E-state index contributed by atoms with van der Waals surface area (Å²) < 4.78 is 9.21. The molecule has 0 saturated carbocycles. The van der Waals surface area contributed by atoms with Crippen LogP contribution in [0.1, 0.15) is 25.0 Å². The first-order valence-electron chi connectivity index (χ1n) is 17.9. The highest BCUT2D eigenvalue weighted by Gasteiger charge is 2.38. The van der Waals surface area contributed by atoms with Crippen LogP contribution in [0.2, 0.25) is 0 Å². The summed E-state index contributed by atoms with van der Waals surface area (Å²) in [7, 11) is 0. The summed E-state index contributed by atoms with van der Waals surface area (Å²) in [6, 6.07) is 59.9. The average Bonchev–Trinajstić information content (AvgIpc) is 3.83. The van der Waals surface area contributed by atoms with Gasteiger partial charge in [-0.3, -0.25) is 0 Å². The van der Waals surface area contributed by atoms with Crippen LogP contribution < -0.4 is 4.90 Å². The molecule has 0 atom stereocenters. The van der Waals surface area contributed by atoms with E-state index in [0.717, 1.165) is 44.3 Å². The van der Waals surface area contributed by atoms with Crippen LogP contribution in [0.4, 0.5) is 17.1 Å². The third kappa shape index (κ3) is 4.17. The second-order valence-corrected chi connectivity index (χ2v) is 15.6. The van der Waals surface area contributed by atoms with Gasteiger partial charge in [0.25, 0.3) is 0 Å². The Morgan fingerprint density at radius 1 is 0.519 bits per heavy atom. The quantitative estimate of drug-likeness (QED) is 0.184. The van der Waals surface area contributed by atoms with Gasteiger partial charge in [-0.15, -0.1) is 11.3 Å². The molecule has 8 aromatic carbocycles. The van der Waals surface area contributed by atoms with Crippen molar-refractivity contribution >= 4 is 81.3 Å². The molecule has 1 aliphatic carbocycles. The highest BCUT2D eigenvalue weighted by molar-refractivity contribution is 7.25. The maximum Gasteiger partial charge on any atom is 0.143 e. The van der Waals surface area contributed by atoms with Crippen LogP contribution in [0.3, 0.4) is 0 Å². The zero-order valence-electron chi connectivity index (χ0n) is 28.9. The Morgan fingerprint density at radius 3 is 2.17 bits per heavy atom. The first-order valence-corrected chi connectivity index (χ1v) is 18.7. The van der Waals surface area contributed by atoms with Crippen molar-refractivity contribution in [3.63, 3.8) is 0 Å². The van der Waals surface area contributed by atoms with Crippen molar-refractivity contribution in [3.8, 4) is 22.3 Å². The lowest BCUT2D eigenvalue weighted by Crippen LogP contribution is -2.20. The Hall–Kier alpha value is -6.16. The smallest absolute Gasteiger partial charge is 0.143 e. The van der Waals surface area contributed by atoms with Gasteiger partial charge in [0.2, 0.25) is 0 Å². The fourth-order valence-corrected chi connectivity index (χ4v) is 10.0. The summed E-state index contributed by atoms with van der Waals surface area (Å²) in [5.74, 6) is 0. The van der Waals surface area contributed by atoms with Crippen molar-refractivity contribution in [2.45, 2.75) is 19.3 Å². The Morgan fingerprint density at radius 2 is 1.23 bits per heavy atom. The normalized spacial score (nSPS) is 13.3. The third-order valence-corrected chi connectivity index (χ3v) is 12.4. The summed E-state index contributed by atoms with van der Waals surface area (Å²) in [4.78, 5) is 2.49. The molecule has 10 aromatic rings. The fraction of sp³-hybridized carbons (Fsp3) is 0.0612. The number of hydrogen-bond donors (Lipinski definition) is 0. The fourth-order valence-electron chi connectivity index (χ4n) is 8.89. The highest BCUT2D eigenvalue weighted by atomic mass is 32.1. The van der Waals surface area contributed by atoms with Gasteiger partial charge in [0, 0.05) is 53.1 Å². The Kier molecular flexibility index (Phi) is 6.21. The SMILES string of the molecule is CC1(C)c2ccccc2-c2cccc(N(c3cccc(-c4cccc5oc6c7ccccc7ccc6c45)c3)c3ccc4c(c3)sc3ccccc34)c21. The minimum atomic E-state index is -0.176. The average molecular weight is 684 g/mol. The van der Waals surface area contributed by atoms with Crippen LogP contribution in [-0.4, -0.2) is 0 Å². The molecular weight excluding hydrogens is 651 g/mol. The van der Waals surface area contributed by atoms with Crippen LogP contribution in [0.5, 0.6) is 0 Å². The Labute approximate surface area is 305 Å². The van der Waals surface area contributed by atoms with Gasteiger partial charge in [0.05, 0.1) is 5.69 Å². The van der Waals surface area contributed by atoms with Crippen LogP contribution in [-0.2, 0) is 5.41 Å². The summed E-state index contributed by atoms with van der Waals surface area (Å²) in [5, 5.41) is 7.23. The van der Waals surface area contributed by atoms with Gasteiger partial charge in [-0.1, -0.05) is 129 Å². The largest absolute Gasteiger partial charge is 0.455 e. The molecule has 246 valence electrons. The first kappa shape index (κ1) is 29.6. The standard InChI is InChI=1S/C49H33NOS/c1-49(2)41-20-7-5-16-36(41)39-19-10-21-42(47(39)49)50(33-25-27-38-37-17-6-8-23-44(37)52-45(38)29-33)32-14-9-13-31(28-32)34-18-11-22-43-46(34)40-26-24-30-12-3-4-15-35(30)48(40)51-43/h3-29H,1-2H3. The van der Waals surface area contributed by atoms with Gasteiger partial charge < -0.3 is 9.32 Å². The molecule has 0 amide bonds. The lowest BCUT2D eigenvalue weighted by molar-refractivity contribution is 0.661. The minimum absolute atomic E-state index is 0.176. The molecule has 0 fully saturated rings. The molecule has 11 rings (SSSR count). The van der Waals surface area contributed by atoms with Gasteiger partial charge in [0.15, 0.2) is 0 Å². The van der Waals surface area contributed by atoms with Crippen molar-refractivity contribution in [1.82, 2.24) is 0 Å². The monoisotopic (exact) mass is 683 g/mol. The topological polar surface area (TPSA) is 16.4 Å². The van der Waals surface area contributed by atoms with E-state index in [1.54, 1.807) is 0 Å². The molecule has 3 heteroatoms. The first-order chi connectivity index (χ1) is 25.5. The molecular formula is C49H33NOS. The molecule has 0 N–H and O–H groups in total. The number of thiophene rings is 1. The van der Waals surface area contributed by atoms with E-state index in [4.69, 9.17) is 4.42 Å². The molecule has 0 unspecified atom stereocenters. The van der Waals surface area contributed by atoms with E-state index in [1.165, 1.54) is 59.1 Å². The van der Waals surface area contributed by atoms with Crippen LogP contribution in [0, 0.1) is 0 Å². The van der Waals surface area contributed by atoms with Crippen molar-refractivity contribution in [2.75, 3.05) is 4.90 Å². The van der Waals surface area contributed by atoms with E-state index < -0.39 is 0 Å². The van der Waals surface area contributed by atoms with E-state index in [0.29, 0.717) is 0 Å². The minimum Gasteiger partial charge on any atom is -0.455 e. The zero-order valence-corrected chi connectivity index (χ0v) is 29.7. The number of hydrogen-bond acceptors (Lipinski definition) is 3. The van der Waals surface area contributed by atoms with Gasteiger partial charge in [0.1, 0.15) is 11.2 Å². The van der Waals surface area contributed by atoms with Crippen molar-refractivity contribution < 1.29 is 4.42 Å². The van der Waals surface area contributed by atoms with Crippen LogP contribution >= 0.6 is 11.3 Å². The number of anilines is 3. The Balaban J connectivity index is 1.15. The second kappa shape index (κ2) is 10.9. The highest BCUT2D eigenvalue weighted by Crippen LogP contribution is 2.54. The maximum absolute atomic E-state index is 6.60. The molecule has 2 heterocycles. The number of rotatable bonds is 4. The summed E-state index contributed by atoms with van der Waals surface area (Å²) in [5.41, 5.74) is 12.8. The molecule has 0 radical (unpaired) electrons. The molecule has 1 aliphatic rings. The van der Waals surface area contributed by atoms with Gasteiger partial charge in [-0.05, 0) is 87.3 Å².